The zero-order valence-corrected chi connectivity index (χ0v) is 11.3. The second kappa shape index (κ2) is 6.89. The number of amides is 1. The van der Waals surface area contributed by atoms with Crippen molar-refractivity contribution in [2.24, 2.45) is 11.8 Å². The van der Waals surface area contributed by atoms with E-state index in [0.717, 1.165) is 12.8 Å². The van der Waals surface area contributed by atoms with Crippen LogP contribution in [0.15, 0.2) is 0 Å². The summed E-state index contributed by atoms with van der Waals surface area (Å²) in [6.45, 7) is 1.01. The molecule has 0 aromatic carbocycles. The van der Waals surface area contributed by atoms with Crippen LogP contribution in [-0.4, -0.2) is 36.2 Å². The first-order valence-electron chi connectivity index (χ1n) is 7.30. The largest absolute Gasteiger partial charge is 0.481 e. The predicted molar refractivity (Wildman–Crippen MR) is 69.7 cm³/mol. The molecule has 1 amide bonds. The molecule has 0 bridgehead atoms. The highest BCUT2D eigenvalue weighted by Gasteiger charge is 2.48. The average molecular weight is 269 g/mol. The lowest BCUT2D eigenvalue weighted by atomic mass is 10.1. The highest BCUT2D eigenvalue weighted by atomic mass is 16.5. The molecule has 2 rings (SSSR count). The molecule has 19 heavy (non-hydrogen) atoms. The van der Waals surface area contributed by atoms with E-state index in [1.165, 1.54) is 25.7 Å². The molecule has 5 heteroatoms. The molecule has 108 valence electrons. The van der Waals surface area contributed by atoms with Gasteiger partial charge in [-0.1, -0.05) is 25.7 Å². The van der Waals surface area contributed by atoms with Crippen LogP contribution in [0.5, 0.6) is 0 Å². The second-order valence-corrected chi connectivity index (χ2v) is 5.56. The Balaban J connectivity index is 1.54. The molecule has 0 aliphatic heterocycles. The van der Waals surface area contributed by atoms with E-state index in [1.54, 1.807) is 0 Å². The fraction of sp³-hybridized carbons (Fsp3) is 0.857. The van der Waals surface area contributed by atoms with Crippen molar-refractivity contribution in [1.82, 2.24) is 5.32 Å². The molecule has 2 aliphatic carbocycles. The topological polar surface area (TPSA) is 75.6 Å². The summed E-state index contributed by atoms with van der Waals surface area (Å²) >= 11 is 0. The van der Waals surface area contributed by atoms with Crippen LogP contribution in [0, 0.1) is 11.8 Å². The smallest absolute Gasteiger partial charge is 0.307 e. The number of hydrogen-bond donors (Lipinski definition) is 2. The number of rotatable bonds is 6. The minimum atomic E-state index is -0.866. The Morgan fingerprint density at radius 3 is 2.37 bits per heavy atom. The number of hydrogen-bond acceptors (Lipinski definition) is 3. The minimum Gasteiger partial charge on any atom is -0.481 e. The van der Waals surface area contributed by atoms with Gasteiger partial charge in [0.1, 0.15) is 0 Å². The van der Waals surface area contributed by atoms with Crippen LogP contribution in [0.25, 0.3) is 0 Å². The number of nitrogens with one attached hydrogen (secondary N) is 1. The molecule has 2 aliphatic rings. The molecule has 0 heterocycles. The summed E-state index contributed by atoms with van der Waals surface area (Å²) in [5.41, 5.74) is 0. The van der Waals surface area contributed by atoms with Crippen molar-refractivity contribution in [1.29, 1.82) is 0 Å². The van der Waals surface area contributed by atoms with E-state index in [0.29, 0.717) is 25.7 Å². The summed E-state index contributed by atoms with van der Waals surface area (Å²) in [5.74, 6) is -1.80. The molecule has 0 aromatic rings. The molecule has 2 atom stereocenters. The van der Waals surface area contributed by atoms with Gasteiger partial charge in [0.2, 0.25) is 5.91 Å². The van der Waals surface area contributed by atoms with Gasteiger partial charge in [0.25, 0.3) is 0 Å². The SMILES string of the molecule is O=C(O)[C@@H]1C[C@H]1C(=O)NCCOC1CCCCCC1. The summed E-state index contributed by atoms with van der Waals surface area (Å²) < 4.78 is 5.76. The first-order valence-corrected chi connectivity index (χ1v) is 7.30. The van der Waals surface area contributed by atoms with Crippen molar-refractivity contribution in [3.05, 3.63) is 0 Å². The molecule has 2 fully saturated rings. The van der Waals surface area contributed by atoms with Crippen LogP contribution in [0.2, 0.25) is 0 Å². The highest BCUT2D eigenvalue weighted by Crippen LogP contribution is 2.38. The summed E-state index contributed by atoms with van der Waals surface area (Å²) in [6.07, 6.45) is 8.13. The maximum atomic E-state index is 11.6. The fourth-order valence-electron chi connectivity index (χ4n) is 2.70. The summed E-state index contributed by atoms with van der Waals surface area (Å²) in [7, 11) is 0. The van der Waals surface area contributed by atoms with Gasteiger partial charge in [0.15, 0.2) is 0 Å². The van der Waals surface area contributed by atoms with Gasteiger partial charge in [0, 0.05) is 6.54 Å². The molecule has 2 saturated carbocycles. The molecular formula is C14H23NO4. The van der Waals surface area contributed by atoms with Gasteiger partial charge in [-0.3, -0.25) is 9.59 Å². The van der Waals surface area contributed by atoms with Crippen molar-refractivity contribution in [3.8, 4) is 0 Å². The van der Waals surface area contributed by atoms with Crippen molar-refractivity contribution in [2.45, 2.75) is 51.0 Å². The molecule has 0 unspecified atom stereocenters. The monoisotopic (exact) mass is 269 g/mol. The minimum absolute atomic E-state index is 0.142. The van der Waals surface area contributed by atoms with Crippen molar-refractivity contribution < 1.29 is 19.4 Å². The van der Waals surface area contributed by atoms with E-state index in [-0.39, 0.29) is 11.8 Å². The Morgan fingerprint density at radius 2 is 1.79 bits per heavy atom. The quantitative estimate of drug-likeness (QED) is 0.567. The van der Waals surface area contributed by atoms with E-state index in [4.69, 9.17) is 9.84 Å². The Kier molecular flexibility index (Phi) is 5.19. The second-order valence-electron chi connectivity index (χ2n) is 5.56. The van der Waals surface area contributed by atoms with Gasteiger partial charge in [0.05, 0.1) is 24.5 Å². The van der Waals surface area contributed by atoms with E-state index in [2.05, 4.69) is 5.32 Å². The lowest BCUT2D eigenvalue weighted by molar-refractivity contribution is -0.140. The summed E-state index contributed by atoms with van der Waals surface area (Å²) in [6, 6.07) is 0. The Morgan fingerprint density at radius 1 is 1.11 bits per heavy atom. The molecular weight excluding hydrogens is 246 g/mol. The Hall–Kier alpha value is -1.10. The summed E-state index contributed by atoms with van der Waals surface area (Å²) in [4.78, 5) is 22.2. The van der Waals surface area contributed by atoms with Gasteiger partial charge in [-0.15, -0.1) is 0 Å². The zero-order chi connectivity index (χ0) is 13.7. The average Bonchev–Trinajstić information content (AvgIpc) is 3.18. The standard InChI is InChI=1S/C14H23NO4/c16-13(11-9-12(11)14(17)18)15-7-8-19-10-5-3-1-2-4-6-10/h10-12H,1-9H2,(H,15,16)(H,17,18)/t11-,12-/m1/s1. The molecule has 0 radical (unpaired) electrons. The van der Waals surface area contributed by atoms with Crippen molar-refractivity contribution in [2.75, 3.05) is 13.2 Å². The van der Waals surface area contributed by atoms with Crippen molar-refractivity contribution >= 4 is 11.9 Å². The van der Waals surface area contributed by atoms with Crippen LogP contribution in [0.3, 0.4) is 0 Å². The normalized spacial score (nSPS) is 27.6. The van der Waals surface area contributed by atoms with E-state index >= 15 is 0 Å². The van der Waals surface area contributed by atoms with Crippen molar-refractivity contribution in [3.63, 3.8) is 0 Å². The number of carbonyl (C=O) groups excluding carboxylic acids is 1. The number of ether oxygens (including phenoxy) is 1. The van der Waals surface area contributed by atoms with Crippen LogP contribution in [-0.2, 0) is 14.3 Å². The number of carbonyl (C=O) groups is 2. The molecule has 0 spiro atoms. The molecule has 0 aromatic heterocycles. The first-order chi connectivity index (χ1) is 9.18. The molecule has 2 N–H and O–H groups in total. The lowest BCUT2D eigenvalue weighted by Crippen LogP contribution is -2.30. The number of carboxylic acids is 1. The van der Waals surface area contributed by atoms with E-state index < -0.39 is 11.9 Å². The maximum Gasteiger partial charge on any atom is 0.307 e. The fourth-order valence-corrected chi connectivity index (χ4v) is 2.70. The summed E-state index contributed by atoms with van der Waals surface area (Å²) in [5, 5.41) is 11.5. The van der Waals surface area contributed by atoms with Gasteiger partial charge >= 0.3 is 5.97 Å². The van der Waals surface area contributed by atoms with Gasteiger partial charge < -0.3 is 15.2 Å². The predicted octanol–water partition coefficient (Wildman–Crippen LogP) is 1.56. The maximum absolute atomic E-state index is 11.6. The van der Waals surface area contributed by atoms with Gasteiger partial charge in [-0.25, -0.2) is 0 Å². The molecule has 0 saturated heterocycles. The van der Waals surface area contributed by atoms with Crippen LogP contribution in [0.4, 0.5) is 0 Å². The Bertz CT molecular complexity index is 323. The number of carboxylic acid groups (broad SMARTS) is 1. The third kappa shape index (κ3) is 4.49. The third-order valence-electron chi connectivity index (χ3n) is 4.00. The third-order valence-corrected chi connectivity index (χ3v) is 4.00. The van der Waals surface area contributed by atoms with Crippen LogP contribution in [0.1, 0.15) is 44.9 Å². The van der Waals surface area contributed by atoms with E-state index in [9.17, 15) is 9.59 Å². The van der Waals surface area contributed by atoms with Gasteiger partial charge in [-0.2, -0.15) is 0 Å². The highest BCUT2D eigenvalue weighted by molar-refractivity contribution is 5.89. The zero-order valence-electron chi connectivity index (χ0n) is 11.3. The van der Waals surface area contributed by atoms with Gasteiger partial charge in [-0.05, 0) is 19.3 Å². The van der Waals surface area contributed by atoms with Crippen LogP contribution < -0.4 is 5.32 Å². The number of aliphatic carboxylic acids is 1. The Labute approximate surface area is 113 Å². The molecule has 5 nitrogen and oxygen atoms in total. The first kappa shape index (κ1) is 14.3. The lowest BCUT2D eigenvalue weighted by Gasteiger charge is -2.15. The van der Waals surface area contributed by atoms with E-state index in [1.807, 2.05) is 0 Å². The van der Waals surface area contributed by atoms with Crippen LogP contribution >= 0.6 is 0 Å².